The average molecular weight is 232 g/mol. The molecule has 0 saturated carbocycles. The first-order valence-electron chi connectivity index (χ1n) is 6.01. The number of hydrogen-bond donors (Lipinski definition) is 1. The van der Waals surface area contributed by atoms with E-state index in [-0.39, 0.29) is 0 Å². The molecule has 0 aromatic carbocycles. The number of rotatable bonds is 2. The topological polar surface area (TPSA) is 58.9 Å². The second kappa shape index (κ2) is 4.29. The summed E-state index contributed by atoms with van der Waals surface area (Å²) in [7, 11) is 0. The van der Waals surface area contributed by atoms with E-state index in [1.54, 1.807) is 6.33 Å². The summed E-state index contributed by atoms with van der Waals surface area (Å²) in [5.74, 6) is 0.962. The van der Waals surface area contributed by atoms with Crippen molar-refractivity contribution < 1.29 is 0 Å². The number of anilines is 1. The minimum Gasteiger partial charge on any atom is -0.352 e. The molecule has 0 bridgehead atoms. The number of nitrogens with one attached hydrogen (secondary N) is 1. The van der Waals surface area contributed by atoms with Crippen LogP contribution in [0.25, 0.3) is 11.2 Å². The zero-order valence-electron chi connectivity index (χ0n) is 9.93. The molecule has 1 aliphatic rings. The molecule has 2 aromatic rings. The minimum absolute atomic E-state index is 0.883. The first-order chi connectivity index (χ1) is 8.40. The van der Waals surface area contributed by atoms with Crippen LogP contribution in [0.2, 0.25) is 0 Å². The van der Waals surface area contributed by atoms with E-state index in [1.807, 2.05) is 10.9 Å². The van der Waals surface area contributed by atoms with Crippen molar-refractivity contribution >= 4 is 17.0 Å². The van der Waals surface area contributed by atoms with Gasteiger partial charge in [0.15, 0.2) is 17.0 Å². The standard InChI is InChI=1S/C11H16N6/c1-2-16-8-15-9-10(16)13-7-14-11(9)17-5-3-12-4-6-17/h7-8,12H,2-6H2,1H3. The molecule has 0 atom stereocenters. The van der Waals surface area contributed by atoms with Crippen molar-refractivity contribution in [3.8, 4) is 0 Å². The molecule has 2 aromatic heterocycles. The number of aromatic nitrogens is 4. The molecule has 3 rings (SSSR count). The van der Waals surface area contributed by atoms with Gasteiger partial charge in [0.05, 0.1) is 6.33 Å². The molecule has 6 nitrogen and oxygen atoms in total. The maximum atomic E-state index is 4.44. The van der Waals surface area contributed by atoms with Crippen LogP contribution in [0.4, 0.5) is 5.82 Å². The maximum absolute atomic E-state index is 4.44. The maximum Gasteiger partial charge on any atom is 0.165 e. The normalized spacial score (nSPS) is 16.6. The summed E-state index contributed by atoms with van der Waals surface area (Å²) in [6.07, 6.45) is 3.47. The monoisotopic (exact) mass is 232 g/mol. The molecule has 0 amide bonds. The van der Waals surface area contributed by atoms with Gasteiger partial charge in [-0.3, -0.25) is 0 Å². The molecule has 1 aliphatic heterocycles. The second-order valence-corrected chi connectivity index (χ2v) is 4.14. The van der Waals surface area contributed by atoms with Crippen molar-refractivity contribution in [1.82, 2.24) is 24.8 Å². The van der Waals surface area contributed by atoms with E-state index in [1.165, 1.54) is 0 Å². The highest BCUT2D eigenvalue weighted by atomic mass is 15.3. The van der Waals surface area contributed by atoms with Gasteiger partial charge < -0.3 is 14.8 Å². The van der Waals surface area contributed by atoms with Crippen LogP contribution in [-0.4, -0.2) is 45.7 Å². The van der Waals surface area contributed by atoms with Gasteiger partial charge in [-0.1, -0.05) is 0 Å². The molecular weight excluding hydrogens is 216 g/mol. The zero-order valence-corrected chi connectivity index (χ0v) is 9.93. The lowest BCUT2D eigenvalue weighted by atomic mass is 10.3. The van der Waals surface area contributed by atoms with E-state index < -0.39 is 0 Å². The first-order valence-corrected chi connectivity index (χ1v) is 6.01. The fourth-order valence-corrected chi connectivity index (χ4v) is 2.21. The van der Waals surface area contributed by atoms with Crippen LogP contribution in [0.5, 0.6) is 0 Å². The van der Waals surface area contributed by atoms with Gasteiger partial charge in [-0.05, 0) is 6.92 Å². The van der Waals surface area contributed by atoms with Crippen LogP contribution in [-0.2, 0) is 6.54 Å². The van der Waals surface area contributed by atoms with Crippen molar-refractivity contribution in [2.24, 2.45) is 0 Å². The molecular formula is C11H16N6. The summed E-state index contributed by atoms with van der Waals surface area (Å²) in [6, 6.07) is 0. The highest BCUT2D eigenvalue weighted by Crippen LogP contribution is 2.21. The van der Waals surface area contributed by atoms with Crippen molar-refractivity contribution in [3.05, 3.63) is 12.7 Å². The molecule has 1 saturated heterocycles. The van der Waals surface area contributed by atoms with Crippen molar-refractivity contribution in [3.63, 3.8) is 0 Å². The molecule has 90 valence electrons. The van der Waals surface area contributed by atoms with Crippen LogP contribution < -0.4 is 10.2 Å². The fourth-order valence-electron chi connectivity index (χ4n) is 2.21. The Labute approximate surface area is 99.7 Å². The van der Waals surface area contributed by atoms with Crippen LogP contribution in [0.15, 0.2) is 12.7 Å². The van der Waals surface area contributed by atoms with Gasteiger partial charge >= 0.3 is 0 Å². The lowest BCUT2D eigenvalue weighted by Gasteiger charge is -2.28. The highest BCUT2D eigenvalue weighted by molar-refractivity contribution is 5.83. The third-order valence-electron chi connectivity index (χ3n) is 3.14. The number of aryl methyl sites for hydroxylation is 1. The average Bonchev–Trinajstić information content (AvgIpc) is 2.82. The molecule has 0 radical (unpaired) electrons. The van der Waals surface area contributed by atoms with Gasteiger partial charge in [0, 0.05) is 32.7 Å². The Bertz CT molecular complexity index is 514. The summed E-state index contributed by atoms with van der Waals surface area (Å²) < 4.78 is 2.04. The highest BCUT2D eigenvalue weighted by Gasteiger charge is 2.17. The van der Waals surface area contributed by atoms with Crippen LogP contribution in [0.3, 0.4) is 0 Å². The number of nitrogens with zero attached hydrogens (tertiary/aromatic N) is 5. The van der Waals surface area contributed by atoms with Crippen LogP contribution >= 0.6 is 0 Å². The van der Waals surface area contributed by atoms with Gasteiger partial charge in [0.2, 0.25) is 0 Å². The lowest BCUT2D eigenvalue weighted by molar-refractivity contribution is 0.586. The summed E-state index contributed by atoms with van der Waals surface area (Å²) in [6.45, 7) is 6.93. The SMILES string of the molecule is CCn1cnc2c(N3CCNCC3)ncnc21. The summed E-state index contributed by atoms with van der Waals surface area (Å²) in [4.78, 5) is 15.4. The number of fused-ring (bicyclic) bond motifs is 1. The van der Waals surface area contributed by atoms with Gasteiger partial charge in [0.1, 0.15) is 6.33 Å². The lowest BCUT2D eigenvalue weighted by Crippen LogP contribution is -2.44. The third-order valence-corrected chi connectivity index (χ3v) is 3.14. The predicted molar refractivity (Wildman–Crippen MR) is 66.1 cm³/mol. The quantitative estimate of drug-likeness (QED) is 0.804. The number of imidazole rings is 1. The summed E-state index contributed by atoms with van der Waals surface area (Å²) in [5.41, 5.74) is 1.84. The molecule has 0 aliphatic carbocycles. The van der Waals surface area contributed by atoms with Crippen molar-refractivity contribution in [1.29, 1.82) is 0 Å². The Hall–Kier alpha value is -1.69. The van der Waals surface area contributed by atoms with Crippen molar-refractivity contribution in [2.45, 2.75) is 13.5 Å². The van der Waals surface area contributed by atoms with E-state index in [9.17, 15) is 0 Å². The molecule has 17 heavy (non-hydrogen) atoms. The molecule has 0 spiro atoms. The van der Waals surface area contributed by atoms with Gasteiger partial charge in [-0.15, -0.1) is 0 Å². The molecule has 1 fully saturated rings. The van der Waals surface area contributed by atoms with E-state index >= 15 is 0 Å². The number of piperazine rings is 1. The van der Waals surface area contributed by atoms with Crippen molar-refractivity contribution in [2.75, 3.05) is 31.1 Å². The predicted octanol–water partition coefficient (Wildman–Crippen LogP) is 0.256. The Morgan fingerprint density at radius 3 is 2.82 bits per heavy atom. The summed E-state index contributed by atoms with van der Waals surface area (Å²) >= 11 is 0. The first kappa shape index (κ1) is 10.5. The number of hydrogen-bond acceptors (Lipinski definition) is 5. The third kappa shape index (κ3) is 1.74. The second-order valence-electron chi connectivity index (χ2n) is 4.14. The van der Waals surface area contributed by atoms with Gasteiger partial charge in [-0.25, -0.2) is 15.0 Å². The largest absolute Gasteiger partial charge is 0.352 e. The van der Waals surface area contributed by atoms with Gasteiger partial charge in [-0.2, -0.15) is 0 Å². The Kier molecular flexibility index (Phi) is 2.64. The molecule has 1 N–H and O–H groups in total. The Morgan fingerprint density at radius 2 is 2.06 bits per heavy atom. The van der Waals surface area contributed by atoms with Crippen LogP contribution in [0.1, 0.15) is 6.92 Å². The smallest absolute Gasteiger partial charge is 0.165 e. The summed E-state index contributed by atoms with van der Waals surface area (Å²) in [5, 5.41) is 3.34. The van der Waals surface area contributed by atoms with Gasteiger partial charge in [0.25, 0.3) is 0 Å². The molecule has 3 heterocycles. The minimum atomic E-state index is 0.883. The Morgan fingerprint density at radius 1 is 1.24 bits per heavy atom. The van der Waals surface area contributed by atoms with E-state index in [0.717, 1.165) is 49.7 Å². The Balaban J connectivity index is 2.06. The fraction of sp³-hybridized carbons (Fsp3) is 0.545. The van der Waals surface area contributed by atoms with Crippen LogP contribution in [0, 0.1) is 0 Å². The molecule has 6 heteroatoms. The molecule has 0 unspecified atom stereocenters. The van der Waals surface area contributed by atoms with E-state index in [0.29, 0.717) is 0 Å². The van der Waals surface area contributed by atoms with E-state index in [4.69, 9.17) is 0 Å². The van der Waals surface area contributed by atoms with E-state index in [2.05, 4.69) is 32.1 Å². The zero-order chi connectivity index (χ0) is 11.7.